The summed E-state index contributed by atoms with van der Waals surface area (Å²) in [5.41, 5.74) is 7.89. The Morgan fingerprint density at radius 3 is 2.58 bits per heavy atom. The van der Waals surface area contributed by atoms with Crippen LogP contribution >= 0.6 is 0 Å². The molecule has 2 aromatic carbocycles. The number of aryl methyl sites for hydroxylation is 1. The maximum atomic E-state index is 12.0. The molecule has 1 atom stereocenters. The Morgan fingerprint density at radius 1 is 1.15 bits per heavy atom. The van der Waals surface area contributed by atoms with Gasteiger partial charge < -0.3 is 20.6 Å². The highest BCUT2D eigenvalue weighted by atomic mass is 16.6. The van der Waals surface area contributed by atoms with Gasteiger partial charge in [0.15, 0.2) is 6.61 Å². The van der Waals surface area contributed by atoms with Crippen LogP contribution < -0.4 is 15.8 Å². The van der Waals surface area contributed by atoms with Crippen molar-refractivity contribution in [2.24, 2.45) is 10.9 Å². The Hall–Kier alpha value is -3.02. The number of carbonyl (C=O) groups is 1. The van der Waals surface area contributed by atoms with Gasteiger partial charge in [-0.1, -0.05) is 53.7 Å². The van der Waals surface area contributed by atoms with E-state index in [1.165, 1.54) is 5.56 Å². The first-order chi connectivity index (χ1) is 12.6. The van der Waals surface area contributed by atoms with Crippen LogP contribution in [0.3, 0.4) is 0 Å². The number of hydrogen-bond donors (Lipinski definition) is 2. The molecule has 6 nitrogen and oxygen atoms in total. The lowest BCUT2D eigenvalue weighted by Crippen LogP contribution is -2.30. The van der Waals surface area contributed by atoms with Crippen molar-refractivity contribution in [2.45, 2.75) is 25.8 Å². The van der Waals surface area contributed by atoms with Crippen molar-refractivity contribution >= 4 is 11.7 Å². The number of nitrogens with zero attached hydrogens (tertiary/aromatic N) is 1. The minimum Gasteiger partial charge on any atom is -0.496 e. The van der Waals surface area contributed by atoms with Crippen LogP contribution in [0.2, 0.25) is 0 Å². The number of ether oxygens (including phenoxy) is 1. The number of para-hydroxylation sites is 1. The summed E-state index contributed by atoms with van der Waals surface area (Å²) in [5, 5.41) is 6.65. The Bertz CT molecular complexity index is 732. The molecule has 0 aromatic heterocycles. The topological polar surface area (TPSA) is 85.9 Å². The van der Waals surface area contributed by atoms with Gasteiger partial charge >= 0.3 is 0 Å². The van der Waals surface area contributed by atoms with E-state index >= 15 is 0 Å². The fraction of sp³-hybridized carbons (Fsp3) is 0.300. The number of amides is 1. The van der Waals surface area contributed by atoms with Crippen molar-refractivity contribution in [1.29, 1.82) is 0 Å². The van der Waals surface area contributed by atoms with Crippen LogP contribution in [0.4, 0.5) is 0 Å². The maximum Gasteiger partial charge on any atom is 0.261 e. The molecule has 0 aliphatic rings. The van der Waals surface area contributed by atoms with Gasteiger partial charge in [0.2, 0.25) is 0 Å². The van der Waals surface area contributed by atoms with Gasteiger partial charge in [0, 0.05) is 12.0 Å². The van der Waals surface area contributed by atoms with Crippen LogP contribution in [-0.4, -0.2) is 25.5 Å². The molecule has 0 saturated heterocycles. The van der Waals surface area contributed by atoms with Crippen LogP contribution in [0.25, 0.3) is 0 Å². The lowest BCUT2D eigenvalue weighted by atomic mass is 10.1. The van der Waals surface area contributed by atoms with Crippen molar-refractivity contribution < 1.29 is 14.4 Å². The quantitative estimate of drug-likeness (QED) is 0.411. The van der Waals surface area contributed by atoms with Crippen molar-refractivity contribution in [3.05, 3.63) is 65.7 Å². The van der Waals surface area contributed by atoms with Gasteiger partial charge in [0.25, 0.3) is 5.91 Å². The predicted molar refractivity (Wildman–Crippen MR) is 102 cm³/mol. The van der Waals surface area contributed by atoms with E-state index in [4.69, 9.17) is 15.3 Å². The van der Waals surface area contributed by atoms with E-state index in [1.54, 1.807) is 7.11 Å². The molecule has 3 N–H and O–H groups in total. The van der Waals surface area contributed by atoms with Gasteiger partial charge in [0.1, 0.15) is 11.6 Å². The lowest BCUT2D eigenvalue weighted by Gasteiger charge is -2.16. The summed E-state index contributed by atoms with van der Waals surface area (Å²) < 4.78 is 5.30. The summed E-state index contributed by atoms with van der Waals surface area (Å²) in [6.07, 6.45) is 1.35. The molecule has 0 heterocycles. The second-order valence-electron chi connectivity index (χ2n) is 5.87. The van der Waals surface area contributed by atoms with E-state index in [-0.39, 0.29) is 18.6 Å². The summed E-state index contributed by atoms with van der Waals surface area (Å²) in [5.74, 6) is 0.812. The zero-order valence-corrected chi connectivity index (χ0v) is 15.1. The summed E-state index contributed by atoms with van der Waals surface area (Å²) >= 11 is 0. The SMILES string of the molecule is COc1ccccc1C(C)NC(=O)CO/N=C(\N)CCc1ccccc1. The largest absolute Gasteiger partial charge is 0.496 e. The zero-order valence-electron chi connectivity index (χ0n) is 15.1. The van der Waals surface area contributed by atoms with E-state index in [0.717, 1.165) is 17.7 Å². The average molecular weight is 355 g/mol. The molecule has 2 aromatic rings. The van der Waals surface area contributed by atoms with Crippen molar-refractivity contribution in [2.75, 3.05) is 13.7 Å². The standard InChI is InChI=1S/C20H25N3O3/c1-15(17-10-6-7-11-18(17)25-2)22-20(24)14-26-23-19(21)13-12-16-8-4-3-5-9-16/h3-11,15H,12-14H2,1-2H3,(H2,21,23)(H,22,24). The molecular formula is C20H25N3O3. The first-order valence-corrected chi connectivity index (χ1v) is 8.50. The highest BCUT2D eigenvalue weighted by molar-refractivity contribution is 5.80. The number of rotatable bonds is 9. The lowest BCUT2D eigenvalue weighted by molar-refractivity contribution is -0.126. The molecule has 0 radical (unpaired) electrons. The second kappa shape index (κ2) is 10.1. The molecule has 6 heteroatoms. The van der Waals surface area contributed by atoms with E-state index in [1.807, 2.05) is 61.5 Å². The first-order valence-electron chi connectivity index (χ1n) is 8.50. The Balaban J connectivity index is 1.75. The molecule has 0 aliphatic carbocycles. The van der Waals surface area contributed by atoms with Gasteiger partial charge in [0.05, 0.1) is 13.2 Å². The van der Waals surface area contributed by atoms with Crippen LogP contribution in [0.15, 0.2) is 59.8 Å². The molecule has 0 bridgehead atoms. The molecule has 2 rings (SSSR count). The maximum absolute atomic E-state index is 12.0. The third-order valence-electron chi connectivity index (χ3n) is 3.87. The number of oxime groups is 1. The molecular weight excluding hydrogens is 330 g/mol. The summed E-state index contributed by atoms with van der Waals surface area (Å²) in [6.45, 7) is 1.69. The van der Waals surface area contributed by atoms with Gasteiger partial charge in [-0.2, -0.15) is 0 Å². The number of nitrogens with one attached hydrogen (secondary N) is 1. The second-order valence-corrected chi connectivity index (χ2v) is 5.87. The Kier molecular flexibility index (Phi) is 7.49. The van der Waals surface area contributed by atoms with Gasteiger partial charge in [-0.05, 0) is 25.0 Å². The third-order valence-corrected chi connectivity index (χ3v) is 3.87. The number of nitrogens with two attached hydrogens (primary N) is 1. The normalized spacial score (nSPS) is 12.3. The number of amidine groups is 1. The number of benzene rings is 2. The van der Waals surface area contributed by atoms with Crippen LogP contribution in [0.5, 0.6) is 5.75 Å². The highest BCUT2D eigenvalue weighted by Crippen LogP contribution is 2.24. The molecule has 0 spiro atoms. The van der Waals surface area contributed by atoms with Gasteiger partial charge in [-0.3, -0.25) is 4.79 Å². The summed E-state index contributed by atoms with van der Waals surface area (Å²) in [4.78, 5) is 17.1. The van der Waals surface area contributed by atoms with E-state index in [9.17, 15) is 4.79 Å². The molecule has 26 heavy (non-hydrogen) atoms. The minimum atomic E-state index is -0.275. The fourth-order valence-electron chi connectivity index (χ4n) is 2.52. The third kappa shape index (κ3) is 6.12. The van der Waals surface area contributed by atoms with Crippen LogP contribution in [-0.2, 0) is 16.1 Å². The van der Waals surface area contributed by atoms with Gasteiger partial charge in [-0.25, -0.2) is 0 Å². The van der Waals surface area contributed by atoms with E-state index < -0.39 is 0 Å². The summed E-state index contributed by atoms with van der Waals surface area (Å²) in [7, 11) is 1.60. The fourth-order valence-corrected chi connectivity index (χ4v) is 2.52. The van der Waals surface area contributed by atoms with Crippen molar-refractivity contribution in [1.82, 2.24) is 5.32 Å². The Labute approximate surface area is 154 Å². The average Bonchev–Trinajstić information content (AvgIpc) is 2.67. The Morgan fingerprint density at radius 2 is 1.85 bits per heavy atom. The molecule has 0 aliphatic heterocycles. The number of hydrogen-bond acceptors (Lipinski definition) is 4. The van der Waals surface area contributed by atoms with Crippen LogP contribution in [0, 0.1) is 0 Å². The smallest absolute Gasteiger partial charge is 0.261 e. The van der Waals surface area contributed by atoms with Gasteiger partial charge in [-0.15, -0.1) is 0 Å². The zero-order chi connectivity index (χ0) is 18.8. The first kappa shape index (κ1) is 19.3. The summed E-state index contributed by atoms with van der Waals surface area (Å²) in [6, 6.07) is 17.3. The number of methoxy groups -OCH3 is 1. The molecule has 138 valence electrons. The van der Waals surface area contributed by atoms with Crippen LogP contribution in [0.1, 0.15) is 30.5 Å². The molecule has 1 amide bonds. The van der Waals surface area contributed by atoms with Crippen molar-refractivity contribution in [3.8, 4) is 5.75 Å². The van der Waals surface area contributed by atoms with E-state index in [2.05, 4.69) is 10.5 Å². The molecule has 1 unspecified atom stereocenters. The minimum absolute atomic E-state index is 0.189. The van der Waals surface area contributed by atoms with Crippen molar-refractivity contribution in [3.63, 3.8) is 0 Å². The predicted octanol–water partition coefficient (Wildman–Crippen LogP) is 2.79. The highest BCUT2D eigenvalue weighted by Gasteiger charge is 2.13. The molecule has 0 saturated carbocycles. The number of carbonyl (C=O) groups excluding carboxylic acids is 1. The van der Waals surface area contributed by atoms with E-state index in [0.29, 0.717) is 12.3 Å². The monoisotopic (exact) mass is 355 g/mol. The molecule has 0 fully saturated rings.